The molecule has 0 aliphatic carbocycles. The molecule has 1 aliphatic rings. The number of hydrogen-bond donors (Lipinski definition) is 1. The number of amides is 1. The Hall–Kier alpha value is -2.34. The highest BCUT2D eigenvalue weighted by atomic mass is 35.5. The van der Waals surface area contributed by atoms with Gasteiger partial charge in [-0.1, -0.05) is 11.6 Å². The molecule has 144 valence electrons. The number of hydrogen-bond acceptors (Lipinski definition) is 4. The molecule has 0 bridgehead atoms. The maximum absolute atomic E-state index is 12.6. The largest absolute Gasteiger partial charge is 0.481 e. The summed E-state index contributed by atoms with van der Waals surface area (Å²) in [7, 11) is 0. The lowest BCUT2D eigenvalue weighted by Gasteiger charge is -2.35. The molecule has 2 aromatic rings. The Bertz CT molecular complexity index is 788. The monoisotopic (exact) mass is 390 g/mol. The van der Waals surface area contributed by atoms with Gasteiger partial charge in [-0.25, -0.2) is 4.98 Å². The van der Waals surface area contributed by atoms with E-state index < -0.39 is 5.97 Å². The summed E-state index contributed by atoms with van der Waals surface area (Å²) in [5, 5.41) is 9.56. The summed E-state index contributed by atoms with van der Waals surface area (Å²) in [5.74, 6) is 0.387. The first-order chi connectivity index (χ1) is 13.0. The van der Waals surface area contributed by atoms with Crippen molar-refractivity contribution in [1.29, 1.82) is 0 Å². The first-order valence-electron chi connectivity index (χ1n) is 9.25. The average Bonchev–Trinajstić information content (AvgIpc) is 3.14. The van der Waals surface area contributed by atoms with Crippen molar-refractivity contribution in [2.75, 3.05) is 6.54 Å². The number of likely N-dealkylation sites (tertiary alicyclic amines) is 1. The molecule has 1 aliphatic heterocycles. The quantitative estimate of drug-likeness (QED) is 0.766. The molecule has 6 nitrogen and oxygen atoms in total. The molecule has 1 aromatic carbocycles. The van der Waals surface area contributed by atoms with E-state index in [1.54, 1.807) is 18.3 Å². The Morgan fingerprint density at radius 1 is 1.22 bits per heavy atom. The van der Waals surface area contributed by atoms with E-state index in [0.29, 0.717) is 42.5 Å². The fraction of sp³-hybridized carbons (Fsp3) is 0.450. The first kappa shape index (κ1) is 19.4. The second-order valence-electron chi connectivity index (χ2n) is 6.79. The van der Waals surface area contributed by atoms with Gasteiger partial charge in [0.15, 0.2) is 11.7 Å². The van der Waals surface area contributed by atoms with Crippen molar-refractivity contribution in [3.63, 3.8) is 0 Å². The van der Waals surface area contributed by atoms with Crippen molar-refractivity contribution in [2.24, 2.45) is 0 Å². The van der Waals surface area contributed by atoms with Crippen LogP contribution in [0.5, 0.6) is 0 Å². The Kier molecular flexibility index (Phi) is 6.50. The van der Waals surface area contributed by atoms with E-state index in [1.807, 2.05) is 17.0 Å². The minimum absolute atomic E-state index is 0.0246. The minimum atomic E-state index is -0.817. The summed E-state index contributed by atoms with van der Waals surface area (Å²) in [5.41, 5.74) is 0.884. The number of carbonyl (C=O) groups is 2. The fourth-order valence-corrected chi connectivity index (χ4v) is 3.58. The summed E-state index contributed by atoms with van der Waals surface area (Å²) in [6.45, 7) is 0.699. The molecule has 7 heteroatoms. The number of carbonyl (C=O) groups excluding carboxylic acids is 1. The SMILES string of the molecule is O=C(O)CCC1CCCCN1C(=O)CCc1ncc(-c2ccc(Cl)cc2)o1. The third-order valence-electron chi connectivity index (χ3n) is 4.87. The van der Waals surface area contributed by atoms with E-state index in [1.165, 1.54) is 0 Å². The number of aromatic nitrogens is 1. The Balaban J connectivity index is 1.56. The van der Waals surface area contributed by atoms with E-state index >= 15 is 0 Å². The molecule has 1 unspecified atom stereocenters. The van der Waals surface area contributed by atoms with Crippen molar-refractivity contribution in [3.05, 3.63) is 41.4 Å². The highest BCUT2D eigenvalue weighted by molar-refractivity contribution is 6.30. The van der Waals surface area contributed by atoms with Crippen molar-refractivity contribution in [3.8, 4) is 11.3 Å². The zero-order valence-corrected chi connectivity index (χ0v) is 15.8. The number of aryl methyl sites for hydroxylation is 1. The smallest absolute Gasteiger partial charge is 0.303 e. The van der Waals surface area contributed by atoms with Crippen molar-refractivity contribution in [1.82, 2.24) is 9.88 Å². The highest BCUT2D eigenvalue weighted by Crippen LogP contribution is 2.24. The van der Waals surface area contributed by atoms with Gasteiger partial charge in [0.1, 0.15) is 0 Å². The maximum Gasteiger partial charge on any atom is 0.303 e. The topological polar surface area (TPSA) is 83.6 Å². The third kappa shape index (κ3) is 5.32. The minimum Gasteiger partial charge on any atom is -0.481 e. The molecule has 1 atom stereocenters. The molecule has 0 radical (unpaired) electrons. The van der Waals surface area contributed by atoms with Crippen LogP contribution in [0.1, 0.15) is 44.4 Å². The van der Waals surface area contributed by atoms with Crippen molar-refractivity contribution < 1.29 is 19.1 Å². The molecule has 1 fully saturated rings. The zero-order chi connectivity index (χ0) is 19.2. The van der Waals surface area contributed by atoms with E-state index in [-0.39, 0.29) is 18.4 Å². The molecule has 0 spiro atoms. The van der Waals surface area contributed by atoms with E-state index in [0.717, 1.165) is 24.8 Å². The summed E-state index contributed by atoms with van der Waals surface area (Å²) in [6, 6.07) is 7.32. The van der Waals surface area contributed by atoms with Crippen LogP contribution in [0, 0.1) is 0 Å². The lowest BCUT2D eigenvalue weighted by Crippen LogP contribution is -2.44. The Morgan fingerprint density at radius 2 is 2.00 bits per heavy atom. The Morgan fingerprint density at radius 3 is 2.74 bits per heavy atom. The molecule has 1 N–H and O–H groups in total. The molecule has 1 amide bonds. The number of nitrogens with zero attached hydrogens (tertiary/aromatic N) is 2. The number of carboxylic acid groups (broad SMARTS) is 1. The van der Waals surface area contributed by atoms with Crippen LogP contribution < -0.4 is 0 Å². The van der Waals surface area contributed by atoms with Gasteiger partial charge < -0.3 is 14.4 Å². The van der Waals surface area contributed by atoms with Crippen molar-refractivity contribution in [2.45, 2.75) is 51.0 Å². The average molecular weight is 391 g/mol. The van der Waals surface area contributed by atoms with Gasteiger partial charge in [-0.05, 0) is 49.9 Å². The van der Waals surface area contributed by atoms with Crippen LogP contribution in [0.3, 0.4) is 0 Å². The van der Waals surface area contributed by atoms with Gasteiger partial charge in [0, 0.05) is 42.4 Å². The first-order valence-corrected chi connectivity index (χ1v) is 9.62. The summed E-state index contributed by atoms with van der Waals surface area (Å²) < 4.78 is 5.75. The van der Waals surface area contributed by atoms with Crippen LogP contribution in [0.25, 0.3) is 11.3 Å². The van der Waals surface area contributed by atoms with Crippen LogP contribution in [0.4, 0.5) is 0 Å². The second-order valence-corrected chi connectivity index (χ2v) is 7.23. The van der Waals surface area contributed by atoms with E-state index in [2.05, 4.69) is 4.98 Å². The van der Waals surface area contributed by atoms with Gasteiger partial charge in [-0.15, -0.1) is 0 Å². The molecule has 27 heavy (non-hydrogen) atoms. The van der Waals surface area contributed by atoms with Gasteiger partial charge in [-0.3, -0.25) is 9.59 Å². The number of carboxylic acids is 1. The van der Waals surface area contributed by atoms with Crippen LogP contribution >= 0.6 is 11.6 Å². The number of benzene rings is 1. The van der Waals surface area contributed by atoms with Gasteiger partial charge in [0.05, 0.1) is 6.20 Å². The third-order valence-corrected chi connectivity index (χ3v) is 5.13. The highest BCUT2D eigenvalue weighted by Gasteiger charge is 2.27. The molecule has 1 aromatic heterocycles. The Labute approximate surface area is 163 Å². The van der Waals surface area contributed by atoms with Gasteiger partial charge in [0.2, 0.25) is 5.91 Å². The molecular weight excluding hydrogens is 368 g/mol. The second kappa shape index (κ2) is 9.04. The predicted molar refractivity (Wildman–Crippen MR) is 101 cm³/mol. The summed E-state index contributed by atoms with van der Waals surface area (Å²) >= 11 is 5.89. The standard InChI is InChI=1S/C20H23ClN2O4/c21-15-6-4-14(5-7-15)17-13-22-18(27-17)9-10-19(24)23-12-2-1-3-16(23)8-11-20(25)26/h4-7,13,16H,1-3,8-12H2,(H,25,26). The lowest BCUT2D eigenvalue weighted by molar-refractivity contribution is -0.140. The van der Waals surface area contributed by atoms with Gasteiger partial charge in [-0.2, -0.15) is 0 Å². The maximum atomic E-state index is 12.6. The van der Waals surface area contributed by atoms with Crippen LogP contribution in [0.15, 0.2) is 34.9 Å². The normalized spacial score (nSPS) is 17.1. The van der Waals surface area contributed by atoms with Crippen molar-refractivity contribution >= 4 is 23.5 Å². The zero-order valence-electron chi connectivity index (χ0n) is 15.1. The van der Waals surface area contributed by atoms with E-state index in [4.69, 9.17) is 21.1 Å². The predicted octanol–water partition coefficient (Wildman–Crippen LogP) is 4.17. The van der Waals surface area contributed by atoms with E-state index in [9.17, 15) is 9.59 Å². The van der Waals surface area contributed by atoms with Crippen LogP contribution in [0.2, 0.25) is 5.02 Å². The summed E-state index contributed by atoms with van der Waals surface area (Å²) in [4.78, 5) is 29.6. The molecule has 0 saturated carbocycles. The molecule has 3 rings (SSSR count). The number of piperidine rings is 1. The fourth-order valence-electron chi connectivity index (χ4n) is 3.45. The lowest BCUT2D eigenvalue weighted by atomic mass is 9.97. The number of aliphatic carboxylic acids is 1. The number of oxazole rings is 1. The number of halogens is 1. The van der Waals surface area contributed by atoms with Crippen LogP contribution in [-0.2, 0) is 16.0 Å². The number of rotatable bonds is 7. The van der Waals surface area contributed by atoms with Gasteiger partial charge in [0.25, 0.3) is 0 Å². The molecule has 2 heterocycles. The molecular formula is C20H23ClN2O4. The molecule has 1 saturated heterocycles. The summed E-state index contributed by atoms with van der Waals surface area (Å²) in [6.07, 6.45) is 5.88. The van der Waals surface area contributed by atoms with Crippen LogP contribution in [-0.4, -0.2) is 39.5 Å². The van der Waals surface area contributed by atoms with Gasteiger partial charge >= 0.3 is 5.97 Å².